The Labute approximate surface area is 142 Å². The zero-order valence-corrected chi connectivity index (χ0v) is 14.1. The number of anilines is 1. The number of amides is 4. The molecule has 1 fully saturated rings. The first kappa shape index (κ1) is 18.0. The quantitative estimate of drug-likeness (QED) is 0.539. The van der Waals surface area contributed by atoms with Gasteiger partial charge in [0.2, 0.25) is 11.8 Å². The number of hydrogen-bond donors (Lipinski definition) is 2. The predicted octanol–water partition coefficient (Wildman–Crippen LogP) is 2.69. The van der Waals surface area contributed by atoms with Gasteiger partial charge in [-0.3, -0.25) is 14.5 Å². The van der Waals surface area contributed by atoms with Crippen molar-refractivity contribution in [3.05, 3.63) is 29.8 Å². The molecule has 0 unspecified atom stereocenters. The summed E-state index contributed by atoms with van der Waals surface area (Å²) in [5.41, 5.74) is 2.05. The van der Waals surface area contributed by atoms with E-state index in [1.807, 2.05) is 24.3 Å². The molecule has 0 aliphatic carbocycles. The lowest BCUT2D eigenvalue weighted by molar-refractivity contribution is -0.125. The minimum absolute atomic E-state index is 0.0512. The Morgan fingerprint density at radius 3 is 2.54 bits per heavy atom. The van der Waals surface area contributed by atoms with E-state index in [0.29, 0.717) is 6.42 Å². The smallest absolute Gasteiger partial charge is 0.324 e. The number of benzene rings is 1. The average Bonchev–Trinajstić information content (AvgIpc) is 2.88. The van der Waals surface area contributed by atoms with Crippen LogP contribution in [0.2, 0.25) is 0 Å². The molecule has 0 saturated carbocycles. The van der Waals surface area contributed by atoms with E-state index in [9.17, 15) is 14.4 Å². The number of nitrogens with one attached hydrogen (secondary N) is 2. The molecule has 0 bridgehead atoms. The second-order valence-electron chi connectivity index (χ2n) is 6.01. The van der Waals surface area contributed by atoms with Crippen LogP contribution in [0.15, 0.2) is 24.3 Å². The first-order valence-electron chi connectivity index (χ1n) is 8.57. The molecule has 6 heteroatoms. The van der Waals surface area contributed by atoms with Gasteiger partial charge < -0.3 is 10.6 Å². The van der Waals surface area contributed by atoms with E-state index in [1.165, 1.54) is 24.8 Å². The number of aryl methyl sites for hydroxylation is 1. The molecule has 24 heavy (non-hydrogen) atoms. The Morgan fingerprint density at radius 2 is 1.92 bits per heavy atom. The topological polar surface area (TPSA) is 78.5 Å². The van der Waals surface area contributed by atoms with Gasteiger partial charge in [-0.05, 0) is 37.0 Å². The second-order valence-corrected chi connectivity index (χ2v) is 6.01. The van der Waals surface area contributed by atoms with Crippen LogP contribution >= 0.6 is 0 Å². The molecule has 130 valence electrons. The van der Waals surface area contributed by atoms with Crippen LogP contribution in [0.5, 0.6) is 0 Å². The van der Waals surface area contributed by atoms with E-state index in [4.69, 9.17) is 0 Å². The fourth-order valence-corrected chi connectivity index (χ4v) is 2.64. The fourth-order valence-electron chi connectivity index (χ4n) is 2.64. The summed E-state index contributed by atoms with van der Waals surface area (Å²) in [4.78, 5) is 35.9. The number of unbranched alkanes of at least 4 members (excludes halogenated alkanes) is 2. The van der Waals surface area contributed by atoms with Gasteiger partial charge in [0.1, 0.15) is 0 Å². The van der Waals surface area contributed by atoms with Gasteiger partial charge in [0.15, 0.2) is 0 Å². The number of urea groups is 1. The van der Waals surface area contributed by atoms with Crippen LogP contribution in [0.3, 0.4) is 0 Å². The van der Waals surface area contributed by atoms with Crippen LogP contribution in [-0.2, 0) is 16.0 Å². The molecular formula is C18H25N3O3. The molecule has 0 aromatic heterocycles. The molecule has 2 N–H and O–H groups in total. The summed E-state index contributed by atoms with van der Waals surface area (Å²) in [5.74, 6) is -0.347. The van der Waals surface area contributed by atoms with Crippen LogP contribution in [0.1, 0.15) is 44.6 Å². The van der Waals surface area contributed by atoms with Crippen molar-refractivity contribution in [3.8, 4) is 0 Å². The lowest BCUT2D eigenvalue weighted by Gasteiger charge is -2.12. The van der Waals surface area contributed by atoms with Crippen LogP contribution < -0.4 is 10.6 Å². The number of imide groups is 1. The first-order chi connectivity index (χ1) is 11.6. The van der Waals surface area contributed by atoms with Crippen LogP contribution in [0.25, 0.3) is 0 Å². The van der Waals surface area contributed by atoms with Crippen molar-refractivity contribution in [1.82, 2.24) is 10.2 Å². The highest BCUT2D eigenvalue weighted by Crippen LogP contribution is 2.13. The van der Waals surface area contributed by atoms with Crippen LogP contribution in [-0.4, -0.2) is 35.8 Å². The molecule has 1 aromatic carbocycles. The van der Waals surface area contributed by atoms with Gasteiger partial charge in [0.25, 0.3) is 0 Å². The largest absolute Gasteiger partial charge is 0.329 e. The molecule has 0 atom stereocenters. The number of carbonyl (C=O) groups is 3. The Balaban J connectivity index is 1.70. The van der Waals surface area contributed by atoms with E-state index in [2.05, 4.69) is 17.6 Å². The number of carbonyl (C=O) groups excluding carboxylic acids is 3. The maximum Gasteiger partial charge on any atom is 0.324 e. The summed E-state index contributed by atoms with van der Waals surface area (Å²) in [5, 5.41) is 5.30. The third-order valence-corrected chi connectivity index (χ3v) is 4.03. The molecule has 2 rings (SSSR count). The summed E-state index contributed by atoms with van der Waals surface area (Å²) < 4.78 is 0. The average molecular weight is 331 g/mol. The van der Waals surface area contributed by atoms with Crippen LogP contribution in [0.4, 0.5) is 10.5 Å². The maximum absolute atomic E-state index is 11.9. The summed E-state index contributed by atoms with van der Waals surface area (Å²) >= 11 is 0. The summed E-state index contributed by atoms with van der Waals surface area (Å²) in [6, 6.07) is 7.53. The highest BCUT2D eigenvalue weighted by molar-refractivity contribution is 6.02. The zero-order valence-electron chi connectivity index (χ0n) is 14.1. The lowest BCUT2D eigenvalue weighted by atomic mass is 10.1. The molecule has 4 amide bonds. The molecule has 0 radical (unpaired) electrons. The molecular weight excluding hydrogens is 306 g/mol. The third kappa shape index (κ3) is 5.37. The molecule has 1 saturated heterocycles. The van der Waals surface area contributed by atoms with E-state index < -0.39 is 0 Å². The van der Waals surface area contributed by atoms with E-state index in [0.717, 1.165) is 17.0 Å². The van der Waals surface area contributed by atoms with Crippen molar-refractivity contribution in [2.45, 2.75) is 45.4 Å². The van der Waals surface area contributed by atoms with Gasteiger partial charge in [-0.25, -0.2) is 4.79 Å². The zero-order chi connectivity index (χ0) is 17.4. The summed E-state index contributed by atoms with van der Waals surface area (Å²) in [6.45, 7) is 2.51. The maximum atomic E-state index is 11.9. The number of nitrogens with zero attached hydrogens (tertiary/aromatic N) is 1. The Bertz CT molecular complexity index is 568. The Kier molecular flexibility index (Phi) is 6.78. The van der Waals surface area contributed by atoms with E-state index in [-0.39, 0.29) is 37.4 Å². The molecule has 6 nitrogen and oxygen atoms in total. The van der Waals surface area contributed by atoms with Gasteiger partial charge in [-0.2, -0.15) is 0 Å². The Hall–Kier alpha value is -2.37. The highest BCUT2D eigenvalue weighted by Gasteiger charge is 2.27. The fraction of sp³-hybridized carbons (Fsp3) is 0.500. The van der Waals surface area contributed by atoms with Crippen molar-refractivity contribution in [1.29, 1.82) is 0 Å². The monoisotopic (exact) mass is 331 g/mol. The third-order valence-electron chi connectivity index (χ3n) is 4.03. The summed E-state index contributed by atoms with van der Waals surface area (Å²) in [7, 11) is 0. The van der Waals surface area contributed by atoms with Crippen LogP contribution in [0, 0.1) is 0 Å². The molecule has 1 aliphatic heterocycles. The molecule has 1 aromatic rings. The minimum Gasteiger partial charge on any atom is -0.329 e. The van der Waals surface area contributed by atoms with Gasteiger partial charge in [0, 0.05) is 18.7 Å². The van der Waals surface area contributed by atoms with Crippen molar-refractivity contribution in [3.63, 3.8) is 0 Å². The second kappa shape index (κ2) is 9.05. The highest BCUT2D eigenvalue weighted by atomic mass is 16.2. The molecule has 1 heterocycles. The van der Waals surface area contributed by atoms with Gasteiger partial charge in [-0.15, -0.1) is 0 Å². The van der Waals surface area contributed by atoms with Gasteiger partial charge in [-0.1, -0.05) is 31.9 Å². The normalized spacial score (nSPS) is 14.0. The van der Waals surface area contributed by atoms with Crippen molar-refractivity contribution in [2.24, 2.45) is 0 Å². The summed E-state index contributed by atoms with van der Waals surface area (Å²) in [6.07, 6.45) is 5.42. The van der Waals surface area contributed by atoms with E-state index in [1.54, 1.807) is 0 Å². The standard InChI is InChI=1S/C18H25N3O3/c1-2-3-4-6-14-8-10-15(11-9-14)20-16(22)7-5-12-21-17(23)13-19-18(21)24/h8-11H,2-7,12-13H2,1H3,(H,19,24)(H,20,22). The van der Waals surface area contributed by atoms with Gasteiger partial charge >= 0.3 is 6.03 Å². The van der Waals surface area contributed by atoms with Crippen molar-refractivity contribution < 1.29 is 14.4 Å². The predicted molar refractivity (Wildman–Crippen MR) is 92.6 cm³/mol. The number of hydrogen-bond acceptors (Lipinski definition) is 3. The first-order valence-corrected chi connectivity index (χ1v) is 8.57. The van der Waals surface area contributed by atoms with Gasteiger partial charge in [0.05, 0.1) is 6.54 Å². The molecule has 1 aliphatic rings. The van der Waals surface area contributed by atoms with Crippen molar-refractivity contribution >= 4 is 23.5 Å². The molecule has 0 spiro atoms. The van der Waals surface area contributed by atoms with Crippen molar-refractivity contribution in [2.75, 3.05) is 18.4 Å². The van der Waals surface area contributed by atoms with E-state index >= 15 is 0 Å². The SMILES string of the molecule is CCCCCc1ccc(NC(=O)CCCN2C(=O)CNC2=O)cc1. The number of rotatable bonds is 9. The Morgan fingerprint density at radius 1 is 1.17 bits per heavy atom. The minimum atomic E-state index is -0.376. The lowest BCUT2D eigenvalue weighted by Crippen LogP contribution is -2.32.